The molecule has 0 spiro atoms. The van der Waals surface area contributed by atoms with Crippen molar-refractivity contribution in [3.05, 3.63) is 60.2 Å². The predicted octanol–water partition coefficient (Wildman–Crippen LogP) is 3.89. The third kappa shape index (κ3) is 4.69. The predicted molar refractivity (Wildman–Crippen MR) is 110 cm³/mol. The van der Waals surface area contributed by atoms with Crippen LogP contribution in [0.5, 0.6) is 11.5 Å². The van der Waals surface area contributed by atoms with Crippen molar-refractivity contribution in [1.82, 2.24) is 5.32 Å². The molecule has 0 atom stereocenters. The minimum absolute atomic E-state index is 0.0398. The normalized spacial score (nSPS) is 17.6. The van der Waals surface area contributed by atoms with Crippen molar-refractivity contribution < 1.29 is 19.0 Å². The minimum atomic E-state index is -0.0998. The summed E-state index contributed by atoms with van der Waals surface area (Å²) in [6, 6.07) is 16.0. The SMILES string of the molecule is O=C(/C=C/c1ccc2c(c1)OCO2)NCC1(Sc2ccccc2)CCOCC1. The lowest BCUT2D eigenvalue weighted by atomic mass is 9.99. The number of fused-ring (bicyclic) bond motifs is 1. The van der Waals surface area contributed by atoms with Gasteiger partial charge in [-0.3, -0.25) is 4.79 Å². The third-order valence-electron chi connectivity index (χ3n) is 4.89. The average Bonchev–Trinajstić information content (AvgIpc) is 3.20. The Morgan fingerprint density at radius 1 is 1.07 bits per heavy atom. The van der Waals surface area contributed by atoms with Crippen LogP contribution in [0.15, 0.2) is 59.5 Å². The molecular weight excluding hydrogens is 374 g/mol. The van der Waals surface area contributed by atoms with Crippen molar-refractivity contribution in [1.29, 1.82) is 0 Å². The Labute approximate surface area is 169 Å². The quantitative estimate of drug-likeness (QED) is 0.750. The maximum atomic E-state index is 12.4. The van der Waals surface area contributed by atoms with Crippen LogP contribution in [0.3, 0.4) is 0 Å². The van der Waals surface area contributed by atoms with Gasteiger partial charge in [-0.1, -0.05) is 24.3 Å². The molecule has 4 rings (SSSR count). The fourth-order valence-electron chi connectivity index (χ4n) is 3.29. The molecule has 6 heteroatoms. The highest BCUT2D eigenvalue weighted by Gasteiger charge is 2.34. The lowest BCUT2D eigenvalue weighted by Crippen LogP contribution is -2.44. The number of thioether (sulfide) groups is 1. The number of ether oxygens (including phenoxy) is 3. The van der Waals surface area contributed by atoms with Crippen molar-refractivity contribution in [2.75, 3.05) is 26.6 Å². The van der Waals surface area contributed by atoms with Crippen LogP contribution in [0.25, 0.3) is 6.08 Å². The molecule has 0 bridgehead atoms. The Morgan fingerprint density at radius 2 is 1.86 bits per heavy atom. The Kier molecular flexibility index (Phi) is 5.88. The number of carbonyl (C=O) groups excluding carboxylic acids is 1. The van der Waals surface area contributed by atoms with Crippen molar-refractivity contribution in [2.24, 2.45) is 0 Å². The molecule has 0 radical (unpaired) electrons. The maximum absolute atomic E-state index is 12.4. The van der Waals surface area contributed by atoms with Crippen molar-refractivity contribution in [3.63, 3.8) is 0 Å². The lowest BCUT2D eigenvalue weighted by molar-refractivity contribution is -0.116. The van der Waals surface area contributed by atoms with E-state index < -0.39 is 0 Å². The number of rotatable bonds is 6. The van der Waals surface area contributed by atoms with Gasteiger partial charge in [0.15, 0.2) is 11.5 Å². The standard InChI is InChI=1S/C22H23NO4S/c24-21(9-7-17-6-8-19-20(14-17)27-16-26-19)23-15-22(10-12-25-13-11-22)28-18-4-2-1-3-5-18/h1-9,14H,10-13,15-16H2,(H,23,24)/b9-7+. The van der Waals surface area contributed by atoms with Crippen molar-refractivity contribution in [3.8, 4) is 11.5 Å². The molecule has 2 aliphatic rings. The lowest BCUT2D eigenvalue weighted by Gasteiger charge is -2.36. The van der Waals surface area contributed by atoms with Crippen LogP contribution in [0.2, 0.25) is 0 Å². The van der Waals surface area contributed by atoms with Crippen LogP contribution >= 0.6 is 11.8 Å². The van der Waals surface area contributed by atoms with Gasteiger partial charge in [-0.15, -0.1) is 11.8 Å². The number of hydrogen-bond acceptors (Lipinski definition) is 5. The number of hydrogen-bond donors (Lipinski definition) is 1. The van der Waals surface area contributed by atoms with Gasteiger partial charge in [-0.05, 0) is 48.7 Å². The Balaban J connectivity index is 1.37. The highest BCUT2D eigenvalue weighted by atomic mass is 32.2. The second kappa shape index (κ2) is 8.71. The van der Waals surface area contributed by atoms with Gasteiger partial charge < -0.3 is 19.5 Å². The summed E-state index contributed by atoms with van der Waals surface area (Å²) in [5, 5.41) is 3.08. The topological polar surface area (TPSA) is 56.8 Å². The maximum Gasteiger partial charge on any atom is 0.244 e. The van der Waals surface area contributed by atoms with Crippen molar-refractivity contribution >= 4 is 23.7 Å². The number of carbonyl (C=O) groups is 1. The van der Waals surface area contributed by atoms with Gasteiger partial charge in [0.05, 0.1) is 0 Å². The minimum Gasteiger partial charge on any atom is -0.454 e. The van der Waals surface area contributed by atoms with Crippen LogP contribution < -0.4 is 14.8 Å². The van der Waals surface area contributed by atoms with Crippen LogP contribution in [-0.2, 0) is 9.53 Å². The summed E-state index contributed by atoms with van der Waals surface area (Å²) in [4.78, 5) is 13.6. The number of amides is 1. The molecule has 0 aromatic heterocycles. The first-order chi connectivity index (χ1) is 13.7. The van der Waals surface area contributed by atoms with E-state index in [1.807, 2.05) is 48.2 Å². The molecule has 1 N–H and O–H groups in total. The first-order valence-corrected chi connectivity index (χ1v) is 10.2. The largest absolute Gasteiger partial charge is 0.454 e. The Hall–Kier alpha value is -2.44. The molecular formula is C22H23NO4S. The van der Waals surface area contributed by atoms with Gasteiger partial charge in [0.1, 0.15) is 0 Å². The van der Waals surface area contributed by atoms with Gasteiger partial charge in [-0.25, -0.2) is 0 Å². The van der Waals surface area contributed by atoms with E-state index in [4.69, 9.17) is 14.2 Å². The second-order valence-electron chi connectivity index (χ2n) is 6.87. The molecule has 5 nitrogen and oxygen atoms in total. The molecule has 2 aromatic rings. The number of nitrogens with one attached hydrogen (secondary N) is 1. The van der Waals surface area contributed by atoms with Crippen molar-refractivity contribution in [2.45, 2.75) is 22.5 Å². The summed E-state index contributed by atoms with van der Waals surface area (Å²) in [6.07, 6.45) is 5.19. The van der Waals surface area contributed by atoms with E-state index >= 15 is 0 Å². The van der Waals surface area contributed by atoms with E-state index in [0.717, 1.165) is 37.4 Å². The highest BCUT2D eigenvalue weighted by molar-refractivity contribution is 8.00. The van der Waals surface area contributed by atoms with E-state index in [9.17, 15) is 4.79 Å². The van der Waals surface area contributed by atoms with Gasteiger partial charge in [0, 0.05) is 35.5 Å². The molecule has 2 aliphatic heterocycles. The average molecular weight is 397 g/mol. The zero-order chi connectivity index (χ0) is 19.2. The summed E-state index contributed by atoms with van der Waals surface area (Å²) in [5.41, 5.74) is 0.902. The summed E-state index contributed by atoms with van der Waals surface area (Å²) in [5.74, 6) is 1.35. The molecule has 2 heterocycles. The van der Waals surface area contributed by atoms with Crippen LogP contribution in [0, 0.1) is 0 Å². The molecule has 1 fully saturated rings. The van der Waals surface area contributed by atoms with E-state index in [2.05, 4.69) is 17.4 Å². The molecule has 0 unspecified atom stereocenters. The molecule has 2 aromatic carbocycles. The van der Waals surface area contributed by atoms with E-state index in [1.54, 1.807) is 12.2 Å². The Morgan fingerprint density at radius 3 is 2.68 bits per heavy atom. The number of benzene rings is 2. The van der Waals surface area contributed by atoms with Gasteiger partial charge >= 0.3 is 0 Å². The first kappa shape index (κ1) is 18.9. The summed E-state index contributed by atoms with van der Waals surface area (Å²) >= 11 is 1.83. The summed E-state index contributed by atoms with van der Waals surface area (Å²) < 4.78 is 16.2. The van der Waals surface area contributed by atoms with E-state index in [-0.39, 0.29) is 17.4 Å². The molecule has 0 saturated carbocycles. The molecule has 28 heavy (non-hydrogen) atoms. The first-order valence-electron chi connectivity index (χ1n) is 9.40. The monoisotopic (exact) mass is 397 g/mol. The van der Waals surface area contributed by atoms with E-state index in [1.165, 1.54) is 4.90 Å². The van der Waals surface area contributed by atoms with Crippen LogP contribution in [-0.4, -0.2) is 37.2 Å². The third-order valence-corrected chi connectivity index (χ3v) is 6.38. The van der Waals surface area contributed by atoms with E-state index in [0.29, 0.717) is 12.3 Å². The zero-order valence-corrected chi connectivity index (χ0v) is 16.4. The Bertz CT molecular complexity index is 847. The summed E-state index contributed by atoms with van der Waals surface area (Å²) in [7, 11) is 0. The summed E-state index contributed by atoms with van der Waals surface area (Å²) in [6.45, 7) is 2.31. The molecule has 1 amide bonds. The molecule has 0 aliphatic carbocycles. The van der Waals surface area contributed by atoms with Gasteiger partial charge in [0.25, 0.3) is 0 Å². The fourth-order valence-corrected chi connectivity index (χ4v) is 4.60. The molecule has 146 valence electrons. The van der Waals surface area contributed by atoms with Crippen LogP contribution in [0.4, 0.5) is 0 Å². The van der Waals surface area contributed by atoms with Crippen LogP contribution in [0.1, 0.15) is 18.4 Å². The highest BCUT2D eigenvalue weighted by Crippen LogP contribution is 2.40. The fraction of sp³-hybridized carbons (Fsp3) is 0.318. The van der Waals surface area contributed by atoms with Gasteiger partial charge in [-0.2, -0.15) is 0 Å². The second-order valence-corrected chi connectivity index (χ2v) is 8.42. The molecule has 1 saturated heterocycles. The van der Waals surface area contributed by atoms with Gasteiger partial charge in [0.2, 0.25) is 12.7 Å². The zero-order valence-electron chi connectivity index (χ0n) is 15.6. The smallest absolute Gasteiger partial charge is 0.244 e.